The molecular formula is C26H24Cl2N4O4S2. The monoisotopic (exact) mass is 590 g/mol. The van der Waals surface area contributed by atoms with Gasteiger partial charge in [-0.1, -0.05) is 48.6 Å². The van der Waals surface area contributed by atoms with Crippen molar-refractivity contribution >= 4 is 74.5 Å². The van der Waals surface area contributed by atoms with Crippen molar-refractivity contribution in [3.63, 3.8) is 0 Å². The van der Waals surface area contributed by atoms with E-state index in [0.717, 1.165) is 28.4 Å². The number of thiocarbonyl (C=S) groups is 1. The summed E-state index contributed by atoms with van der Waals surface area (Å²) in [7, 11) is -3.73. The molecule has 4 N–H and O–H groups in total. The van der Waals surface area contributed by atoms with E-state index < -0.39 is 21.7 Å². The second-order valence-corrected chi connectivity index (χ2v) is 10.5. The third-order valence-electron chi connectivity index (χ3n) is 5.26. The lowest BCUT2D eigenvalue weighted by Crippen LogP contribution is -2.35. The summed E-state index contributed by atoms with van der Waals surface area (Å²) in [6.07, 6.45) is 1.52. The third-order valence-corrected chi connectivity index (χ3v) is 6.75. The fraction of sp³-hybridized carbons (Fsp3) is 0.0769. The van der Waals surface area contributed by atoms with Crippen molar-refractivity contribution in [3.8, 4) is 11.5 Å². The number of amides is 1. The van der Waals surface area contributed by atoms with Crippen LogP contribution >= 0.6 is 37.0 Å². The zero-order chi connectivity index (χ0) is 25.9. The van der Waals surface area contributed by atoms with E-state index in [1.807, 2.05) is 36.4 Å². The van der Waals surface area contributed by atoms with Crippen LogP contribution in [0.3, 0.4) is 0 Å². The Morgan fingerprint density at radius 2 is 1.66 bits per heavy atom. The van der Waals surface area contributed by atoms with E-state index >= 15 is 0 Å². The maximum atomic E-state index is 12.3. The predicted molar refractivity (Wildman–Crippen MR) is 157 cm³/mol. The number of nitrogens with zero attached hydrogens (tertiary/aromatic N) is 1. The number of para-hydroxylation sites is 1. The van der Waals surface area contributed by atoms with Gasteiger partial charge in [0.25, 0.3) is 5.91 Å². The highest BCUT2D eigenvalue weighted by Gasteiger charge is 2.19. The van der Waals surface area contributed by atoms with Crippen molar-refractivity contribution in [2.75, 3.05) is 6.26 Å². The van der Waals surface area contributed by atoms with E-state index in [1.54, 1.807) is 24.3 Å². The van der Waals surface area contributed by atoms with Crippen LogP contribution in [0.1, 0.15) is 21.6 Å². The van der Waals surface area contributed by atoms with Crippen LogP contribution in [0.25, 0.3) is 10.9 Å². The van der Waals surface area contributed by atoms with Crippen molar-refractivity contribution in [1.29, 1.82) is 5.41 Å². The molecule has 0 radical (unpaired) electrons. The number of guanidine groups is 1. The van der Waals surface area contributed by atoms with Crippen LogP contribution in [0.15, 0.2) is 83.8 Å². The molecule has 0 spiro atoms. The molecule has 0 aliphatic heterocycles. The molecule has 0 aliphatic carbocycles. The highest BCUT2D eigenvalue weighted by atomic mass is 35.5. The standard InChI is InChI=1S/C26H22N4O4S2.2ClH/c1-36(32,33)24-14-18(25(31)30-26(27)28)9-13-22(24)34-20-11-7-17(8-12-20)23(35)15-19-10-6-16-4-2-3-5-21(16)29-19;;/h2-14H,15H2,1H3,(H4,27,28,30,31);2*1H. The van der Waals surface area contributed by atoms with Crippen LogP contribution in [0.5, 0.6) is 11.5 Å². The molecule has 0 aliphatic rings. The van der Waals surface area contributed by atoms with Gasteiger partial charge in [-0.3, -0.25) is 20.5 Å². The molecule has 38 heavy (non-hydrogen) atoms. The minimum absolute atomic E-state index is 0. The number of nitrogens with two attached hydrogens (primary N) is 1. The smallest absolute Gasteiger partial charge is 0.257 e. The maximum absolute atomic E-state index is 12.3. The highest BCUT2D eigenvalue weighted by molar-refractivity contribution is 7.90. The summed E-state index contributed by atoms with van der Waals surface area (Å²) in [6, 6.07) is 22.8. The van der Waals surface area contributed by atoms with Crippen LogP contribution in [0.2, 0.25) is 0 Å². The summed E-state index contributed by atoms with van der Waals surface area (Å²) >= 11 is 5.61. The van der Waals surface area contributed by atoms with Crippen LogP contribution in [0.4, 0.5) is 0 Å². The van der Waals surface area contributed by atoms with E-state index in [1.165, 1.54) is 18.2 Å². The van der Waals surface area contributed by atoms with Gasteiger partial charge in [0.2, 0.25) is 0 Å². The number of sulfone groups is 1. The Kier molecular flexibility index (Phi) is 10.3. The van der Waals surface area contributed by atoms with Gasteiger partial charge in [0.05, 0.1) is 5.52 Å². The molecule has 0 unspecified atom stereocenters. The quantitative estimate of drug-likeness (QED) is 0.121. The molecule has 12 heteroatoms. The van der Waals surface area contributed by atoms with E-state index in [2.05, 4.69) is 10.3 Å². The number of rotatable bonds is 7. The number of carbonyl (C=O) groups excluding carboxylic acids is 1. The Bertz CT molecular complexity index is 1610. The van der Waals surface area contributed by atoms with Crippen LogP contribution in [-0.4, -0.2) is 36.4 Å². The highest BCUT2D eigenvalue weighted by Crippen LogP contribution is 2.30. The van der Waals surface area contributed by atoms with Gasteiger partial charge in [0.1, 0.15) is 16.4 Å². The first-order chi connectivity index (χ1) is 17.1. The van der Waals surface area contributed by atoms with Crippen LogP contribution < -0.4 is 15.8 Å². The van der Waals surface area contributed by atoms with Crippen molar-refractivity contribution in [2.45, 2.75) is 11.3 Å². The van der Waals surface area contributed by atoms with Crippen molar-refractivity contribution in [3.05, 3.63) is 95.7 Å². The van der Waals surface area contributed by atoms with Gasteiger partial charge >= 0.3 is 0 Å². The molecule has 0 saturated heterocycles. The second-order valence-electron chi connectivity index (χ2n) is 8.02. The number of aromatic nitrogens is 1. The molecule has 8 nitrogen and oxygen atoms in total. The van der Waals surface area contributed by atoms with Crippen molar-refractivity contribution in [1.82, 2.24) is 10.3 Å². The van der Waals surface area contributed by atoms with Gasteiger partial charge < -0.3 is 10.5 Å². The predicted octanol–water partition coefficient (Wildman–Crippen LogP) is 4.86. The van der Waals surface area contributed by atoms with Gasteiger partial charge in [0, 0.05) is 34.2 Å². The largest absolute Gasteiger partial charge is 0.456 e. The van der Waals surface area contributed by atoms with E-state index in [0.29, 0.717) is 17.0 Å². The Labute approximate surface area is 237 Å². The number of pyridine rings is 1. The molecule has 1 heterocycles. The number of fused-ring (bicyclic) bond motifs is 1. The molecular weight excluding hydrogens is 567 g/mol. The van der Waals surface area contributed by atoms with E-state index in [-0.39, 0.29) is 41.0 Å². The van der Waals surface area contributed by atoms with Gasteiger partial charge in [-0.15, -0.1) is 24.8 Å². The average molecular weight is 592 g/mol. The minimum atomic E-state index is -3.73. The Balaban J connectivity index is 0.00000253. The zero-order valence-corrected chi connectivity index (χ0v) is 23.3. The lowest BCUT2D eigenvalue weighted by Gasteiger charge is -2.12. The van der Waals surface area contributed by atoms with E-state index in [9.17, 15) is 13.2 Å². The molecule has 0 atom stereocenters. The summed E-state index contributed by atoms with van der Waals surface area (Å²) < 4.78 is 30.5. The molecule has 198 valence electrons. The average Bonchev–Trinajstić information content (AvgIpc) is 2.83. The second kappa shape index (κ2) is 12.8. The van der Waals surface area contributed by atoms with Gasteiger partial charge in [-0.25, -0.2) is 8.42 Å². The molecule has 0 bridgehead atoms. The molecule has 4 rings (SSSR count). The summed E-state index contributed by atoms with van der Waals surface area (Å²) in [5.41, 5.74) is 7.81. The maximum Gasteiger partial charge on any atom is 0.257 e. The summed E-state index contributed by atoms with van der Waals surface area (Å²) in [6.45, 7) is 0. The zero-order valence-electron chi connectivity index (χ0n) is 20.0. The molecule has 0 fully saturated rings. The Hall–Kier alpha value is -3.57. The number of hydrogen-bond donors (Lipinski definition) is 3. The van der Waals surface area contributed by atoms with Crippen molar-refractivity contribution < 1.29 is 17.9 Å². The first kappa shape index (κ1) is 30.7. The fourth-order valence-electron chi connectivity index (χ4n) is 3.53. The number of benzene rings is 3. The number of halogens is 2. The first-order valence-electron chi connectivity index (χ1n) is 10.8. The van der Waals surface area contributed by atoms with Crippen LogP contribution in [0, 0.1) is 5.41 Å². The number of ether oxygens (including phenoxy) is 1. The lowest BCUT2D eigenvalue weighted by atomic mass is 10.1. The van der Waals surface area contributed by atoms with Gasteiger partial charge in [-0.05, 0) is 48.0 Å². The Morgan fingerprint density at radius 1 is 1.00 bits per heavy atom. The number of carbonyl (C=O) groups is 1. The first-order valence-corrected chi connectivity index (χ1v) is 13.1. The summed E-state index contributed by atoms with van der Waals surface area (Å²) in [4.78, 5) is 17.3. The molecule has 1 amide bonds. The molecule has 4 aromatic rings. The van der Waals surface area contributed by atoms with Crippen molar-refractivity contribution in [2.24, 2.45) is 5.73 Å². The van der Waals surface area contributed by atoms with E-state index in [4.69, 9.17) is 28.1 Å². The molecule has 3 aromatic carbocycles. The fourth-order valence-corrected chi connectivity index (χ4v) is 4.63. The number of nitrogens with one attached hydrogen (secondary N) is 2. The molecule has 0 saturated carbocycles. The van der Waals surface area contributed by atoms with Gasteiger partial charge in [-0.2, -0.15) is 0 Å². The summed E-state index contributed by atoms with van der Waals surface area (Å²) in [5, 5.41) is 10.4. The molecule has 1 aromatic heterocycles. The SMILES string of the molecule is CS(=O)(=O)c1cc(C(=O)NC(=N)N)ccc1Oc1ccc(C(=S)Cc2ccc3ccccc3n2)cc1.Cl.Cl. The Morgan fingerprint density at radius 3 is 2.32 bits per heavy atom. The van der Waals surface area contributed by atoms with Gasteiger partial charge in [0.15, 0.2) is 15.8 Å². The summed E-state index contributed by atoms with van der Waals surface area (Å²) in [5.74, 6) is -0.780. The lowest BCUT2D eigenvalue weighted by molar-refractivity contribution is 0.0976. The minimum Gasteiger partial charge on any atom is -0.456 e. The third kappa shape index (κ3) is 7.48. The topological polar surface area (TPSA) is 135 Å². The normalized spacial score (nSPS) is 10.6. The van der Waals surface area contributed by atoms with Crippen LogP contribution in [-0.2, 0) is 16.3 Å². The number of hydrogen-bond acceptors (Lipinski definition) is 7.